The Hall–Kier alpha value is -3.98. The summed E-state index contributed by atoms with van der Waals surface area (Å²) in [7, 11) is 0. The molecule has 0 saturated carbocycles. The van der Waals surface area contributed by atoms with E-state index in [2.05, 4.69) is 39.6 Å². The van der Waals surface area contributed by atoms with E-state index < -0.39 is 0 Å². The number of nitrogens with zero attached hydrogens (tertiary/aromatic N) is 4. The first-order valence-corrected chi connectivity index (χ1v) is 8.94. The molecule has 6 heteroatoms. The summed E-state index contributed by atoms with van der Waals surface area (Å²) in [5.74, 6) is 0.617. The molecule has 0 aliphatic rings. The first-order valence-electron chi connectivity index (χ1n) is 8.94. The molecule has 0 atom stereocenters. The van der Waals surface area contributed by atoms with Gasteiger partial charge in [0.05, 0.1) is 5.69 Å². The van der Waals surface area contributed by atoms with Crippen LogP contribution >= 0.6 is 0 Å². The summed E-state index contributed by atoms with van der Waals surface area (Å²) in [4.78, 5) is 12.7. The number of nitrogen functional groups attached to an aromatic ring is 1. The van der Waals surface area contributed by atoms with Crippen molar-refractivity contribution in [2.24, 2.45) is 0 Å². The van der Waals surface area contributed by atoms with E-state index in [9.17, 15) is 5.26 Å². The fourth-order valence-electron chi connectivity index (χ4n) is 3.26. The molecule has 4 rings (SSSR count). The molecule has 0 aliphatic heterocycles. The lowest BCUT2D eigenvalue weighted by molar-refractivity contribution is 0.957. The van der Waals surface area contributed by atoms with Crippen molar-refractivity contribution in [1.82, 2.24) is 15.0 Å². The average Bonchev–Trinajstić information content (AvgIpc) is 2.74. The van der Waals surface area contributed by atoms with Crippen LogP contribution in [0, 0.1) is 11.3 Å². The summed E-state index contributed by atoms with van der Waals surface area (Å²) in [5, 5.41) is 14.7. The Balaban J connectivity index is 1.67. The van der Waals surface area contributed by atoms with Crippen molar-refractivity contribution in [3.63, 3.8) is 0 Å². The van der Waals surface area contributed by atoms with Gasteiger partial charge in [-0.1, -0.05) is 54.6 Å². The second-order valence-corrected chi connectivity index (χ2v) is 6.30. The van der Waals surface area contributed by atoms with Crippen LogP contribution in [0.1, 0.15) is 11.3 Å². The molecule has 0 saturated heterocycles. The molecule has 6 nitrogen and oxygen atoms in total. The summed E-state index contributed by atoms with van der Waals surface area (Å²) in [6.45, 7) is 0.566. The predicted octanol–water partition coefficient (Wildman–Crippen LogP) is 3.80. The fraction of sp³-hybridized carbons (Fsp3) is 0.0909. The summed E-state index contributed by atoms with van der Waals surface area (Å²) in [6.07, 6.45) is 3.92. The van der Waals surface area contributed by atoms with Crippen molar-refractivity contribution in [2.75, 3.05) is 17.6 Å². The largest absolute Gasteiger partial charge is 0.382 e. The SMILES string of the molecule is N#Cc1c(N)ncnc1NCCc1ncc2ccccc2c1-c1ccccc1. The van der Waals surface area contributed by atoms with E-state index in [1.165, 1.54) is 11.7 Å². The number of hydrogen-bond donors (Lipinski definition) is 2. The molecule has 4 aromatic rings. The van der Waals surface area contributed by atoms with Crippen LogP contribution in [0.5, 0.6) is 0 Å². The number of nitriles is 1. The van der Waals surface area contributed by atoms with Gasteiger partial charge in [0.1, 0.15) is 29.6 Å². The van der Waals surface area contributed by atoms with Crippen LogP contribution < -0.4 is 11.1 Å². The fourth-order valence-corrected chi connectivity index (χ4v) is 3.26. The molecule has 136 valence electrons. The van der Waals surface area contributed by atoms with E-state index >= 15 is 0 Å². The second-order valence-electron chi connectivity index (χ2n) is 6.30. The van der Waals surface area contributed by atoms with Crippen molar-refractivity contribution < 1.29 is 0 Å². The minimum absolute atomic E-state index is 0.175. The number of benzene rings is 2. The van der Waals surface area contributed by atoms with Crippen molar-refractivity contribution in [3.8, 4) is 17.2 Å². The van der Waals surface area contributed by atoms with Gasteiger partial charge in [-0.3, -0.25) is 4.98 Å². The number of nitrogens with two attached hydrogens (primary N) is 1. The van der Waals surface area contributed by atoms with Crippen LogP contribution in [0.15, 0.2) is 67.1 Å². The lowest BCUT2D eigenvalue weighted by Crippen LogP contribution is -2.11. The molecule has 3 N–H and O–H groups in total. The van der Waals surface area contributed by atoms with Crippen LogP contribution in [0.25, 0.3) is 21.9 Å². The number of pyridine rings is 1. The van der Waals surface area contributed by atoms with Crippen LogP contribution in [-0.4, -0.2) is 21.5 Å². The molecule has 0 radical (unpaired) electrons. The highest BCUT2D eigenvalue weighted by molar-refractivity contribution is 5.97. The van der Waals surface area contributed by atoms with Gasteiger partial charge in [-0.25, -0.2) is 9.97 Å². The van der Waals surface area contributed by atoms with E-state index in [-0.39, 0.29) is 11.4 Å². The molecule has 0 spiro atoms. The van der Waals surface area contributed by atoms with E-state index in [4.69, 9.17) is 10.7 Å². The topological polar surface area (TPSA) is 101 Å². The highest BCUT2D eigenvalue weighted by atomic mass is 15.0. The Labute approximate surface area is 162 Å². The lowest BCUT2D eigenvalue weighted by Gasteiger charge is -2.14. The molecular formula is C22H18N6. The third-order valence-electron chi connectivity index (χ3n) is 4.58. The van der Waals surface area contributed by atoms with E-state index in [0.29, 0.717) is 18.8 Å². The third kappa shape index (κ3) is 3.33. The number of fused-ring (bicyclic) bond motifs is 1. The van der Waals surface area contributed by atoms with Gasteiger partial charge in [0.15, 0.2) is 0 Å². The first-order chi connectivity index (χ1) is 13.8. The van der Waals surface area contributed by atoms with Crippen molar-refractivity contribution >= 4 is 22.4 Å². The summed E-state index contributed by atoms with van der Waals surface area (Å²) >= 11 is 0. The average molecular weight is 366 g/mol. The summed E-state index contributed by atoms with van der Waals surface area (Å²) in [5.41, 5.74) is 9.26. The molecule has 0 aliphatic carbocycles. The van der Waals surface area contributed by atoms with Gasteiger partial charge < -0.3 is 11.1 Å². The van der Waals surface area contributed by atoms with Gasteiger partial charge in [-0.2, -0.15) is 5.26 Å². The van der Waals surface area contributed by atoms with Crippen LogP contribution in [-0.2, 0) is 6.42 Å². The van der Waals surface area contributed by atoms with E-state index in [1.54, 1.807) is 0 Å². The van der Waals surface area contributed by atoms with Gasteiger partial charge in [0.2, 0.25) is 0 Å². The Bertz CT molecular complexity index is 1160. The zero-order valence-corrected chi connectivity index (χ0v) is 15.1. The molecular weight excluding hydrogens is 348 g/mol. The smallest absolute Gasteiger partial charge is 0.149 e. The molecule has 2 heterocycles. The van der Waals surface area contributed by atoms with Crippen molar-refractivity contribution in [3.05, 3.63) is 78.4 Å². The van der Waals surface area contributed by atoms with Gasteiger partial charge in [-0.05, 0) is 10.9 Å². The lowest BCUT2D eigenvalue weighted by atomic mass is 9.96. The van der Waals surface area contributed by atoms with Crippen molar-refractivity contribution in [1.29, 1.82) is 5.26 Å². The van der Waals surface area contributed by atoms with Gasteiger partial charge >= 0.3 is 0 Å². The second kappa shape index (κ2) is 7.72. The zero-order valence-electron chi connectivity index (χ0n) is 15.1. The summed E-state index contributed by atoms with van der Waals surface area (Å²) in [6, 6.07) is 20.6. The van der Waals surface area contributed by atoms with Crippen LogP contribution in [0.3, 0.4) is 0 Å². The maximum atomic E-state index is 9.26. The summed E-state index contributed by atoms with van der Waals surface area (Å²) < 4.78 is 0. The quantitative estimate of drug-likeness (QED) is 0.557. The standard InChI is InChI=1S/C22H18N6/c23-12-18-21(24)27-14-28-22(18)25-11-10-19-20(15-6-2-1-3-7-15)17-9-5-4-8-16(17)13-26-19/h1-9,13-14H,10-11H2,(H3,24,25,27,28). The van der Waals surface area contributed by atoms with E-state index in [1.807, 2.05) is 42.6 Å². The Morgan fingerprint density at radius 1 is 0.964 bits per heavy atom. The maximum Gasteiger partial charge on any atom is 0.149 e. The molecule has 28 heavy (non-hydrogen) atoms. The molecule has 0 unspecified atom stereocenters. The van der Waals surface area contributed by atoms with Crippen molar-refractivity contribution in [2.45, 2.75) is 6.42 Å². The monoisotopic (exact) mass is 366 g/mol. The normalized spacial score (nSPS) is 10.5. The number of rotatable bonds is 5. The minimum Gasteiger partial charge on any atom is -0.382 e. The molecule has 2 aromatic heterocycles. The van der Waals surface area contributed by atoms with E-state index in [0.717, 1.165) is 22.2 Å². The molecule has 2 aromatic carbocycles. The predicted molar refractivity (Wildman–Crippen MR) is 111 cm³/mol. The Kier molecular flexibility index (Phi) is 4.81. The van der Waals surface area contributed by atoms with Gasteiger partial charge in [0.25, 0.3) is 0 Å². The highest BCUT2D eigenvalue weighted by Gasteiger charge is 2.12. The van der Waals surface area contributed by atoms with Crippen LogP contribution in [0.4, 0.5) is 11.6 Å². The van der Waals surface area contributed by atoms with Gasteiger partial charge in [-0.15, -0.1) is 0 Å². The Morgan fingerprint density at radius 3 is 2.57 bits per heavy atom. The highest BCUT2D eigenvalue weighted by Crippen LogP contribution is 2.31. The number of anilines is 2. The third-order valence-corrected chi connectivity index (χ3v) is 4.58. The zero-order chi connectivity index (χ0) is 19.3. The van der Waals surface area contributed by atoms with Crippen LogP contribution in [0.2, 0.25) is 0 Å². The maximum absolute atomic E-state index is 9.26. The number of nitrogens with one attached hydrogen (secondary N) is 1. The molecule has 0 fully saturated rings. The molecule has 0 bridgehead atoms. The number of hydrogen-bond acceptors (Lipinski definition) is 6. The minimum atomic E-state index is 0.175. The number of aromatic nitrogens is 3. The first kappa shape index (κ1) is 17.4. The van der Waals surface area contributed by atoms with Gasteiger partial charge in [0, 0.05) is 30.1 Å². The Morgan fingerprint density at radius 2 is 1.75 bits per heavy atom. The molecule has 0 amide bonds.